The molecule has 5 nitrogen and oxygen atoms in total. The van der Waals surface area contributed by atoms with Gasteiger partial charge in [0.05, 0.1) is 12.2 Å². The zero-order valence-electron chi connectivity index (χ0n) is 16.0. The van der Waals surface area contributed by atoms with E-state index in [2.05, 4.69) is 12.2 Å². The molecular weight excluding hydrogens is 342 g/mol. The number of benzene rings is 2. The molecule has 2 aromatic rings. The zero-order valence-corrected chi connectivity index (χ0v) is 16.0. The first-order chi connectivity index (χ1) is 13.1. The Kier molecular flexibility index (Phi) is 8.36. The number of hydrogen-bond donors (Lipinski definition) is 1. The van der Waals surface area contributed by atoms with E-state index in [9.17, 15) is 9.59 Å². The number of rotatable bonds is 10. The fourth-order valence-corrected chi connectivity index (χ4v) is 2.46. The highest BCUT2D eigenvalue weighted by Gasteiger charge is 2.10. The summed E-state index contributed by atoms with van der Waals surface area (Å²) in [4.78, 5) is 23.8. The summed E-state index contributed by atoms with van der Waals surface area (Å²) >= 11 is 0. The maximum Gasteiger partial charge on any atom is 0.343 e. The first-order valence-corrected chi connectivity index (χ1v) is 9.47. The second-order valence-electron chi connectivity index (χ2n) is 6.25. The molecule has 0 spiro atoms. The van der Waals surface area contributed by atoms with E-state index in [-0.39, 0.29) is 5.91 Å². The number of anilines is 1. The van der Waals surface area contributed by atoms with Gasteiger partial charge in [-0.25, -0.2) is 4.79 Å². The number of esters is 1. The van der Waals surface area contributed by atoms with Gasteiger partial charge in [0.2, 0.25) is 5.91 Å². The molecule has 5 heteroatoms. The fraction of sp³-hybridized carbons (Fsp3) is 0.364. The third-order valence-corrected chi connectivity index (χ3v) is 4.01. The Morgan fingerprint density at radius 1 is 0.926 bits per heavy atom. The minimum Gasteiger partial charge on any atom is -0.494 e. The summed E-state index contributed by atoms with van der Waals surface area (Å²) in [6.45, 7) is 4.63. The highest BCUT2D eigenvalue weighted by atomic mass is 16.5. The van der Waals surface area contributed by atoms with Gasteiger partial charge in [-0.15, -0.1) is 0 Å². The summed E-state index contributed by atoms with van der Waals surface area (Å²) in [5.41, 5.74) is 1.04. The van der Waals surface area contributed by atoms with Gasteiger partial charge >= 0.3 is 5.97 Å². The molecule has 0 aliphatic rings. The molecule has 0 bridgehead atoms. The topological polar surface area (TPSA) is 64.6 Å². The number of ether oxygens (including phenoxy) is 2. The van der Waals surface area contributed by atoms with Crippen molar-refractivity contribution >= 4 is 17.6 Å². The summed E-state index contributed by atoms with van der Waals surface area (Å²) in [5, 5.41) is 2.74. The van der Waals surface area contributed by atoms with Crippen molar-refractivity contribution in [2.24, 2.45) is 0 Å². The van der Waals surface area contributed by atoms with Crippen LogP contribution in [0.4, 0.5) is 5.69 Å². The van der Waals surface area contributed by atoms with E-state index in [0.717, 1.165) is 12.2 Å². The van der Waals surface area contributed by atoms with Crippen LogP contribution in [0.25, 0.3) is 0 Å². The van der Waals surface area contributed by atoms with Crippen LogP contribution in [0.1, 0.15) is 56.3 Å². The van der Waals surface area contributed by atoms with Gasteiger partial charge in [0.25, 0.3) is 0 Å². The lowest BCUT2D eigenvalue weighted by Gasteiger charge is -2.09. The van der Waals surface area contributed by atoms with E-state index in [0.29, 0.717) is 30.0 Å². The lowest BCUT2D eigenvalue weighted by molar-refractivity contribution is -0.115. The van der Waals surface area contributed by atoms with Gasteiger partial charge in [0, 0.05) is 18.2 Å². The maximum atomic E-state index is 12.3. The maximum absolute atomic E-state index is 12.3. The van der Waals surface area contributed by atoms with E-state index < -0.39 is 5.97 Å². The Labute approximate surface area is 160 Å². The van der Waals surface area contributed by atoms with Crippen LogP contribution in [0.5, 0.6) is 11.5 Å². The van der Waals surface area contributed by atoms with E-state index >= 15 is 0 Å². The molecule has 27 heavy (non-hydrogen) atoms. The highest BCUT2D eigenvalue weighted by Crippen LogP contribution is 2.20. The molecule has 0 heterocycles. The van der Waals surface area contributed by atoms with E-state index in [1.54, 1.807) is 55.5 Å². The first-order valence-electron chi connectivity index (χ1n) is 9.47. The molecule has 0 saturated heterocycles. The molecule has 0 fully saturated rings. The summed E-state index contributed by atoms with van der Waals surface area (Å²) in [6, 6.07) is 13.7. The van der Waals surface area contributed by atoms with Gasteiger partial charge in [0.15, 0.2) is 0 Å². The smallest absolute Gasteiger partial charge is 0.343 e. The van der Waals surface area contributed by atoms with Crippen LogP contribution in [0, 0.1) is 0 Å². The SMILES string of the molecule is CCCCCCOc1ccc(C(=O)Oc2cccc(NC(=O)CC)c2)cc1. The summed E-state index contributed by atoms with van der Waals surface area (Å²) in [5.74, 6) is 0.574. The lowest BCUT2D eigenvalue weighted by Crippen LogP contribution is -2.11. The zero-order chi connectivity index (χ0) is 19.5. The van der Waals surface area contributed by atoms with Crippen molar-refractivity contribution in [3.63, 3.8) is 0 Å². The Morgan fingerprint density at radius 3 is 2.41 bits per heavy atom. The molecule has 0 aliphatic carbocycles. The van der Waals surface area contributed by atoms with Gasteiger partial charge in [0.1, 0.15) is 11.5 Å². The van der Waals surface area contributed by atoms with Crippen molar-refractivity contribution in [3.8, 4) is 11.5 Å². The van der Waals surface area contributed by atoms with Crippen molar-refractivity contribution in [3.05, 3.63) is 54.1 Å². The molecule has 0 unspecified atom stereocenters. The standard InChI is InChI=1S/C22H27NO4/c1-3-5-6-7-15-26-19-13-11-17(12-14-19)22(25)27-20-10-8-9-18(16-20)23-21(24)4-2/h8-14,16H,3-7,15H2,1-2H3,(H,23,24). The quantitative estimate of drug-likeness (QED) is 0.354. The second kappa shape index (κ2) is 11.0. The Morgan fingerprint density at radius 2 is 1.70 bits per heavy atom. The number of amides is 1. The predicted molar refractivity (Wildman–Crippen MR) is 106 cm³/mol. The van der Waals surface area contributed by atoms with Crippen LogP contribution in [-0.4, -0.2) is 18.5 Å². The molecule has 1 N–H and O–H groups in total. The van der Waals surface area contributed by atoms with Crippen LogP contribution in [0.15, 0.2) is 48.5 Å². The molecule has 2 rings (SSSR count). The van der Waals surface area contributed by atoms with Crippen molar-refractivity contribution < 1.29 is 19.1 Å². The monoisotopic (exact) mass is 369 g/mol. The van der Waals surface area contributed by atoms with Crippen LogP contribution in [-0.2, 0) is 4.79 Å². The molecule has 0 radical (unpaired) electrons. The summed E-state index contributed by atoms with van der Waals surface area (Å²) in [7, 11) is 0. The molecular formula is C22H27NO4. The van der Waals surface area contributed by atoms with Crippen molar-refractivity contribution in [1.82, 2.24) is 0 Å². The van der Waals surface area contributed by atoms with Gasteiger partial charge in [-0.2, -0.15) is 0 Å². The minimum atomic E-state index is -0.455. The first kappa shape index (κ1) is 20.5. The van der Waals surface area contributed by atoms with E-state index in [1.807, 2.05) is 0 Å². The number of carbonyl (C=O) groups excluding carboxylic acids is 2. The van der Waals surface area contributed by atoms with Crippen LogP contribution in [0.2, 0.25) is 0 Å². The Balaban J connectivity index is 1.88. The second-order valence-corrected chi connectivity index (χ2v) is 6.25. The largest absolute Gasteiger partial charge is 0.494 e. The van der Waals surface area contributed by atoms with Gasteiger partial charge < -0.3 is 14.8 Å². The van der Waals surface area contributed by atoms with Gasteiger partial charge in [-0.3, -0.25) is 4.79 Å². The van der Waals surface area contributed by atoms with Gasteiger partial charge in [-0.05, 0) is 42.8 Å². The lowest BCUT2D eigenvalue weighted by atomic mass is 10.2. The Bertz CT molecular complexity index is 740. The third-order valence-electron chi connectivity index (χ3n) is 4.01. The Hall–Kier alpha value is -2.82. The number of hydrogen-bond acceptors (Lipinski definition) is 4. The minimum absolute atomic E-state index is 0.0937. The molecule has 0 atom stereocenters. The van der Waals surface area contributed by atoms with Crippen LogP contribution in [0.3, 0.4) is 0 Å². The molecule has 144 valence electrons. The van der Waals surface area contributed by atoms with Crippen molar-refractivity contribution in [2.45, 2.75) is 46.0 Å². The van der Waals surface area contributed by atoms with Crippen molar-refractivity contribution in [2.75, 3.05) is 11.9 Å². The average Bonchev–Trinajstić information content (AvgIpc) is 2.68. The van der Waals surface area contributed by atoms with Crippen molar-refractivity contribution in [1.29, 1.82) is 0 Å². The summed E-state index contributed by atoms with van der Waals surface area (Å²) < 4.78 is 11.1. The normalized spacial score (nSPS) is 10.3. The van der Waals surface area contributed by atoms with Gasteiger partial charge in [-0.1, -0.05) is 39.2 Å². The number of nitrogens with one attached hydrogen (secondary N) is 1. The van der Waals surface area contributed by atoms with E-state index in [1.165, 1.54) is 19.3 Å². The fourth-order valence-electron chi connectivity index (χ4n) is 2.46. The molecule has 0 saturated carbocycles. The van der Waals surface area contributed by atoms with Crippen LogP contribution < -0.4 is 14.8 Å². The number of carbonyl (C=O) groups is 2. The van der Waals surface area contributed by atoms with E-state index in [4.69, 9.17) is 9.47 Å². The molecule has 2 aromatic carbocycles. The summed E-state index contributed by atoms with van der Waals surface area (Å²) in [6.07, 6.45) is 5.00. The van der Waals surface area contributed by atoms with Crippen LogP contribution >= 0.6 is 0 Å². The molecule has 0 aromatic heterocycles. The molecule has 1 amide bonds. The average molecular weight is 369 g/mol. The molecule has 0 aliphatic heterocycles. The predicted octanol–water partition coefficient (Wildman–Crippen LogP) is 5.21. The third kappa shape index (κ3) is 7.13. The highest BCUT2D eigenvalue weighted by molar-refractivity contribution is 5.92. The number of unbranched alkanes of at least 4 members (excludes halogenated alkanes) is 3.